The highest BCUT2D eigenvalue weighted by Gasteiger charge is 2.21. The van der Waals surface area contributed by atoms with Crippen LogP contribution in [-0.4, -0.2) is 24.0 Å². The Morgan fingerprint density at radius 3 is 2.08 bits per heavy atom. The Bertz CT molecular complexity index is 245. The number of ether oxygens (including phenoxy) is 1. The van der Waals surface area contributed by atoms with Crippen LogP contribution in [-0.2, 0) is 14.3 Å². The number of methoxy groups -OCH3 is 1. The fraction of sp³-hybridized carbons (Fsp3) is 0.556. The molecule has 1 N–H and O–H groups in total. The Kier molecular flexibility index (Phi) is 3.66. The van der Waals surface area contributed by atoms with Gasteiger partial charge < -0.3 is 9.84 Å². The molecule has 0 aromatic rings. The lowest BCUT2D eigenvalue weighted by Crippen LogP contribution is -2.19. The molecule has 0 aliphatic rings. The first kappa shape index (κ1) is 11.7. The van der Waals surface area contributed by atoms with Gasteiger partial charge in [0.05, 0.1) is 7.11 Å². The van der Waals surface area contributed by atoms with Crippen molar-refractivity contribution in [1.82, 2.24) is 0 Å². The topological polar surface area (TPSA) is 63.6 Å². The molecule has 0 amide bonds. The monoisotopic (exact) mass is 186 g/mol. The quantitative estimate of drug-likeness (QED) is 0.400. The van der Waals surface area contributed by atoms with Crippen LogP contribution < -0.4 is 0 Å². The summed E-state index contributed by atoms with van der Waals surface area (Å²) in [5, 5.41) is 9.02. The van der Waals surface area contributed by atoms with Crippen molar-refractivity contribution in [3.8, 4) is 0 Å². The molecule has 0 bridgehead atoms. The van der Waals surface area contributed by atoms with Crippen molar-refractivity contribution in [2.75, 3.05) is 7.11 Å². The minimum Gasteiger partial charge on any atom is -0.502 e. The van der Waals surface area contributed by atoms with E-state index in [4.69, 9.17) is 5.11 Å². The van der Waals surface area contributed by atoms with Gasteiger partial charge in [-0.3, -0.25) is 4.79 Å². The summed E-state index contributed by atoms with van der Waals surface area (Å²) in [5.41, 5.74) is -0.609. The number of hydrogen-bond acceptors (Lipinski definition) is 4. The second-order valence-electron chi connectivity index (χ2n) is 3.64. The fourth-order valence-electron chi connectivity index (χ4n) is 0.504. The Balaban J connectivity index is 4.59. The van der Waals surface area contributed by atoms with Gasteiger partial charge in [-0.25, -0.2) is 4.79 Å². The molecule has 4 heteroatoms. The van der Waals surface area contributed by atoms with Crippen LogP contribution in [0.5, 0.6) is 0 Å². The lowest BCUT2D eigenvalue weighted by Gasteiger charge is -2.13. The number of carbonyl (C=O) groups excluding carboxylic acids is 2. The van der Waals surface area contributed by atoms with Crippen LogP contribution >= 0.6 is 0 Å². The van der Waals surface area contributed by atoms with Gasteiger partial charge in [0, 0.05) is 11.5 Å². The van der Waals surface area contributed by atoms with Gasteiger partial charge in [-0.2, -0.15) is 0 Å². The molecular weight excluding hydrogens is 172 g/mol. The first-order chi connectivity index (χ1) is 5.79. The van der Waals surface area contributed by atoms with E-state index in [9.17, 15) is 9.59 Å². The van der Waals surface area contributed by atoms with Crippen molar-refractivity contribution in [3.63, 3.8) is 0 Å². The highest BCUT2D eigenvalue weighted by atomic mass is 16.5. The summed E-state index contributed by atoms with van der Waals surface area (Å²) in [6, 6.07) is 0. The molecule has 0 saturated carbocycles. The molecule has 0 spiro atoms. The first-order valence-electron chi connectivity index (χ1n) is 3.82. The van der Waals surface area contributed by atoms with Crippen molar-refractivity contribution in [3.05, 3.63) is 11.8 Å². The van der Waals surface area contributed by atoms with Gasteiger partial charge in [0.2, 0.25) is 5.76 Å². The molecule has 0 radical (unpaired) electrons. The van der Waals surface area contributed by atoms with Gasteiger partial charge in [-0.1, -0.05) is 20.8 Å². The number of aliphatic hydroxyl groups excluding tert-OH is 1. The lowest BCUT2D eigenvalue weighted by atomic mass is 9.90. The summed E-state index contributed by atoms with van der Waals surface area (Å²) in [6.07, 6.45) is 0.881. The average molecular weight is 186 g/mol. The molecule has 0 heterocycles. The van der Waals surface area contributed by atoms with E-state index in [0.717, 1.165) is 13.2 Å². The molecule has 0 aliphatic carbocycles. The molecule has 0 aliphatic heterocycles. The molecule has 13 heavy (non-hydrogen) atoms. The van der Waals surface area contributed by atoms with Crippen LogP contribution in [0.1, 0.15) is 20.8 Å². The summed E-state index contributed by atoms with van der Waals surface area (Å²) in [4.78, 5) is 21.9. The summed E-state index contributed by atoms with van der Waals surface area (Å²) < 4.78 is 4.22. The lowest BCUT2D eigenvalue weighted by molar-refractivity contribution is -0.139. The van der Waals surface area contributed by atoms with E-state index >= 15 is 0 Å². The van der Waals surface area contributed by atoms with Crippen molar-refractivity contribution < 1.29 is 19.4 Å². The average Bonchev–Trinajstić information content (AvgIpc) is 2.01. The van der Waals surface area contributed by atoms with Crippen LogP contribution in [0.4, 0.5) is 0 Å². The van der Waals surface area contributed by atoms with Crippen molar-refractivity contribution >= 4 is 11.8 Å². The Morgan fingerprint density at radius 1 is 1.31 bits per heavy atom. The molecule has 0 aromatic carbocycles. The molecule has 0 fully saturated rings. The fourth-order valence-corrected chi connectivity index (χ4v) is 0.504. The van der Waals surface area contributed by atoms with Gasteiger partial charge in [0.25, 0.3) is 0 Å². The van der Waals surface area contributed by atoms with E-state index in [2.05, 4.69) is 4.74 Å². The van der Waals surface area contributed by atoms with Crippen molar-refractivity contribution in [1.29, 1.82) is 0 Å². The number of carbonyl (C=O) groups is 2. The van der Waals surface area contributed by atoms with E-state index in [1.807, 2.05) is 0 Å². The second kappa shape index (κ2) is 4.07. The Morgan fingerprint density at radius 2 is 1.77 bits per heavy atom. The van der Waals surface area contributed by atoms with Crippen LogP contribution in [0.15, 0.2) is 11.8 Å². The molecule has 4 nitrogen and oxygen atoms in total. The van der Waals surface area contributed by atoms with E-state index in [-0.39, 0.29) is 5.78 Å². The normalized spacial score (nSPS) is 12.5. The van der Waals surface area contributed by atoms with Gasteiger partial charge in [-0.05, 0) is 0 Å². The standard InChI is InChI=1S/C9H14O4/c1-9(2,3)7(11)5-6(10)8(12)13-4/h5,10H,1-4H3. The third-order valence-corrected chi connectivity index (χ3v) is 1.40. The number of allylic oxidation sites excluding steroid dienone is 1. The summed E-state index contributed by atoms with van der Waals surface area (Å²) in [6.45, 7) is 5.07. The number of esters is 1. The van der Waals surface area contributed by atoms with Crippen LogP contribution in [0.2, 0.25) is 0 Å². The number of hydrogen-bond donors (Lipinski definition) is 1. The van der Waals surface area contributed by atoms with E-state index in [1.165, 1.54) is 0 Å². The number of rotatable bonds is 2. The molecule has 0 atom stereocenters. The van der Waals surface area contributed by atoms with Crippen LogP contribution in [0.3, 0.4) is 0 Å². The predicted octanol–water partition coefficient (Wildman–Crippen LogP) is 1.22. The maximum Gasteiger partial charge on any atom is 0.373 e. The minimum absolute atomic E-state index is 0.324. The minimum atomic E-state index is -0.905. The predicted molar refractivity (Wildman–Crippen MR) is 47.2 cm³/mol. The molecule has 0 saturated heterocycles. The second-order valence-corrected chi connectivity index (χ2v) is 3.64. The van der Waals surface area contributed by atoms with Gasteiger partial charge in [0.15, 0.2) is 5.78 Å². The molecule has 0 rings (SSSR count). The van der Waals surface area contributed by atoms with Gasteiger partial charge >= 0.3 is 5.97 Å². The SMILES string of the molecule is COC(=O)C(O)=CC(=O)C(C)(C)C. The zero-order chi connectivity index (χ0) is 10.6. The zero-order valence-corrected chi connectivity index (χ0v) is 8.25. The maximum absolute atomic E-state index is 11.3. The van der Waals surface area contributed by atoms with E-state index in [1.54, 1.807) is 20.8 Å². The smallest absolute Gasteiger partial charge is 0.373 e. The number of aliphatic hydroxyl groups is 1. The summed E-state index contributed by atoms with van der Waals surface area (Å²) >= 11 is 0. The van der Waals surface area contributed by atoms with Crippen LogP contribution in [0.25, 0.3) is 0 Å². The van der Waals surface area contributed by atoms with Gasteiger partial charge in [-0.15, -0.1) is 0 Å². The largest absolute Gasteiger partial charge is 0.502 e. The third-order valence-electron chi connectivity index (χ3n) is 1.40. The van der Waals surface area contributed by atoms with E-state index < -0.39 is 17.1 Å². The van der Waals surface area contributed by atoms with Crippen LogP contribution in [0, 0.1) is 5.41 Å². The molecule has 74 valence electrons. The van der Waals surface area contributed by atoms with Gasteiger partial charge in [0.1, 0.15) is 0 Å². The highest BCUT2D eigenvalue weighted by Crippen LogP contribution is 2.15. The highest BCUT2D eigenvalue weighted by molar-refractivity contribution is 6.00. The zero-order valence-electron chi connectivity index (χ0n) is 8.25. The Hall–Kier alpha value is -1.32. The van der Waals surface area contributed by atoms with Crippen molar-refractivity contribution in [2.24, 2.45) is 5.41 Å². The maximum atomic E-state index is 11.3. The first-order valence-corrected chi connectivity index (χ1v) is 3.82. The third kappa shape index (κ3) is 3.73. The molecule has 0 aromatic heterocycles. The Labute approximate surface area is 77.2 Å². The van der Waals surface area contributed by atoms with E-state index in [0.29, 0.717) is 0 Å². The summed E-state index contributed by atoms with van der Waals surface area (Å²) in [5.74, 6) is -1.89. The molecular formula is C9H14O4. The van der Waals surface area contributed by atoms with Crippen molar-refractivity contribution in [2.45, 2.75) is 20.8 Å². The molecule has 0 unspecified atom stereocenters. The summed E-state index contributed by atoms with van der Waals surface area (Å²) in [7, 11) is 1.13. The number of ketones is 1.